The smallest absolute Gasteiger partial charge is 0.254 e. The van der Waals surface area contributed by atoms with Crippen LogP contribution in [0, 0.1) is 5.95 Å². The van der Waals surface area contributed by atoms with Crippen LogP contribution < -0.4 is 0 Å². The number of pyridine rings is 1. The summed E-state index contributed by atoms with van der Waals surface area (Å²) in [7, 11) is 3.26. The summed E-state index contributed by atoms with van der Waals surface area (Å²) in [5.41, 5.74) is 0.201. The summed E-state index contributed by atoms with van der Waals surface area (Å²) in [6, 6.07) is 2.51. The highest BCUT2D eigenvalue weighted by Crippen LogP contribution is 2.07. The minimum atomic E-state index is -0.707. The zero-order valence-electron chi connectivity index (χ0n) is 11.4. The van der Waals surface area contributed by atoms with E-state index in [1.54, 1.807) is 14.1 Å². The quantitative estimate of drug-likeness (QED) is 0.752. The second-order valence-electron chi connectivity index (χ2n) is 4.38. The van der Waals surface area contributed by atoms with Crippen LogP contribution in [0.4, 0.5) is 4.39 Å². The Hall–Kier alpha value is -1.98. The highest BCUT2D eigenvalue weighted by Gasteiger charge is 2.19. The normalized spacial score (nSPS) is 10.1. The van der Waals surface area contributed by atoms with E-state index in [0.717, 1.165) is 12.5 Å². The molecule has 6 heteroatoms. The number of likely N-dealkylation sites (N-methyl/N-ethyl adjacent to an activating group) is 1. The van der Waals surface area contributed by atoms with Gasteiger partial charge < -0.3 is 9.80 Å². The second kappa shape index (κ2) is 6.82. The van der Waals surface area contributed by atoms with Crippen LogP contribution >= 0.6 is 0 Å². The molecule has 0 aliphatic heterocycles. The highest BCUT2D eigenvalue weighted by atomic mass is 19.1. The van der Waals surface area contributed by atoms with Gasteiger partial charge in [0.05, 0.1) is 0 Å². The van der Waals surface area contributed by atoms with Crippen LogP contribution in [0.1, 0.15) is 23.7 Å². The Bertz CT molecular complexity index is 463. The maximum Gasteiger partial charge on any atom is 0.254 e. The Balaban J connectivity index is 2.86. The van der Waals surface area contributed by atoms with Crippen LogP contribution in [0.2, 0.25) is 0 Å². The lowest BCUT2D eigenvalue weighted by atomic mass is 10.2. The van der Waals surface area contributed by atoms with Gasteiger partial charge in [-0.2, -0.15) is 4.39 Å². The van der Waals surface area contributed by atoms with Crippen LogP contribution in [0.5, 0.6) is 0 Å². The summed E-state index contributed by atoms with van der Waals surface area (Å²) >= 11 is 0. The number of hydrogen-bond acceptors (Lipinski definition) is 3. The van der Waals surface area contributed by atoms with Gasteiger partial charge in [-0.3, -0.25) is 9.59 Å². The number of hydrogen-bond donors (Lipinski definition) is 0. The number of halogens is 1. The Labute approximate surface area is 112 Å². The van der Waals surface area contributed by atoms with E-state index in [1.807, 2.05) is 6.92 Å². The molecule has 1 rings (SSSR count). The van der Waals surface area contributed by atoms with Crippen molar-refractivity contribution >= 4 is 11.8 Å². The van der Waals surface area contributed by atoms with Gasteiger partial charge in [-0.1, -0.05) is 6.92 Å². The first kappa shape index (κ1) is 15.1. The molecule has 0 aliphatic carbocycles. The van der Waals surface area contributed by atoms with Gasteiger partial charge in [0.2, 0.25) is 11.9 Å². The molecule has 0 unspecified atom stereocenters. The number of nitrogens with zero attached hydrogens (tertiary/aromatic N) is 3. The summed E-state index contributed by atoms with van der Waals surface area (Å²) in [5.74, 6) is -1.24. The van der Waals surface area contributed by atoms with Crippen LogP contribution in [0.15, 0.2) is 18.3 Å². The molecule has 0 aromatic carbocycles. The molecule has 19 heavy (non-hydrogen) atoms. The fraction of sp³-hybridized carbons (Fsp3) is 0.462. The lowest BCUT2D eigenvalue weighted by Crippen LogP contribution is -2.40. The minimum absolute atomic E-state index is 0.0103. The summed E-state index contributed by atoms with van der Waals surface area (Å²) in [5, 5.41) is 0. The average Bonchev–Trinajstić information content (AvgIpc) is 2.37. The molecule has 0 atom stereocenters. The molecule has 0 saturated heterocycles. The number of aromatic nitrogens is 1. The molecule has 104 valence electrons. The molecule has 0 spiro atoms. The van der Waals surface area contributed by atoms with E-state index >= 15 is 0 Å². The van der Waals surface area contributed by atoms with Crippen molar-refractivity contribution in [1.29, 1.82) is 0 Å². The highest BCUT2D eigenvalue weighted by molar-refractivity contribution is 5.96. The van der Waals surface area contributed by atoms with Gasteiger partial charge in [-0.15, -0.1) is 0 Å². The van der Waals surface area contributed by atoms with E-state index in [0.29, 0.717) is 6.54 Å². The molecule has 0 N–H and O–H groups in total. The fourth-order valence-electron chi connectivity index (χ4n) is 1.55. The largest absolute Gasteiger partial charge is 0.347 e. The van der Waals surface area contributed by atoms with Crippen LogP contribution in [-0.2, 0) is 4.79 Å². The second-order valence-corrected chi connectivity index (χ2v) is 4.38. The zero-order valence-corrected chi connectivity index (χ0v) is 11.4. The summed E-state index contributed by atoms with van der Waals surface area (Å²) in [4.78, 5) is 30.1. The third kappa shape index (κ3) is 4.31. The van der Waals surface area contributed by atoms with Gasteiger partial charge >= 0.3 is 0 Å². The molecule has 0 aliphatic rings. The van der Waals surface area contributed by atoms with E-state index in [4.69, 9.17) is 0 Å². The summed E-state index contributed by atoms with van der Waals surface area (Å²) in [6.45, 7) is 2.35. The van der Waals surface area contributed by atoms with Crippen molar-refractivity contribution in [3.8, 4) is 0 Å². The van der Waals surface area contributed by atoms with Gasteiger partial charge in [-0.05, 0) is 12.5 Å². The maximum absolute atomic E-state index is 13.0. The minimum Gasteiger partial charge on any atom is -0.347 e. The van der Waals surface area contributed by atoms with Gasteiger partial charge in [0.25, 0.3) is 5.91 Å². The molecule has 2 amide bonds. The first-order chi connectivity index (χ1) is 8.95. The van der Waals surface area contributed by atoms with Gasteiger partial charge in [0.1, 0.15) is 6.54 Å². The summed E-state index contributed by atoms with van der Waals surface area (Å²) < 4.78 is 13.0. The fourth-order valence-corrected chi connectivity index (χ4v) is 1.55. The Morgan fingerprint density at radius 1 is 1.37 bits per heavy atom. The molecule has 0 radical (unpaired) electrons. The third-order valence-electron chi connectivity index (χ3n) is 2.58. The lowest BCUT2D eigenvalue weighted by molar-refractivity contribution is -0.129. The van der Waals surface area contributed by atoms with Crippen molar-refractivity contribution in [2.24, 2.45) is 0 Å². The van der Waals surface area contributed by atoms with Crippen LogP contribution in [0.3, 0.4) is 0 Å². The van der Waals surface area contributed by atoms with Crippen molar-refractivity contribution in [2.75, 3.05) is 27.2 Å². The predicted molar refractivity (Wildman–Crippen MR) is 69.1 cm³/mol. The third-order valence-corrected chi connectivity index (χ3v) is 2.58. The number of rotatable bonds is 5. The summed E-state index contributed by atoms with van der Waals surface area (Å²) in [6.07, 6.45) is 1.96. The van der Waals surface area contributed by atoms with Gasteiger partial charge in [0, 0.05) is 38.5 Å². The predicted octanol–water partition coefficient (Wildman–Crippen LogP) is 1.16. The molecule has 0 fully saturated rings. The topological polar surface area (TPSA) is 53.5 Å². The molecular weight excluding hydrogens is 249 g/mol. The Morgan fingerprint density at radius 2 is 2.05 bits per heavy atom. The number of amides is 2. The molecule has 1 aromatic rings. The molecule has 0 bridgehead atoms. The van der Waals surface area contributed by atoms with Crippen molar-refractivity contribution < 1.29 is 14.0 Å². The van der Waals surface area contributed by atoms with Crippen LogP contribution in [-0.4, -0.2) is 53.8 Å². The van der Waals surface area contributed by atoms with Gasteiger partial charge in [0.15, 0.2) is 0 Å². The van der Waals surface area contributed by atoms with Gasteiger partial charge in [-0.25, -0.2) is 4.98 Å². The van der Waals surface area contributed by atoms with E-state index < -0.39 is 5.95 Å². The lowest BCUT2D eigenvalue weighted by Gasteiger charge is -2.23. The SMILES string of the molecule is CCCN(CC(=O)N(C)C)C(=O)c1ccnc(F)c1. The molecule has 1 heterocycles. The van der Waals surface area contributed by atoms with Crippen molar-refractivity contribution in [3.63, 3.8) is 0 Å². The first-order valence-electron chi connectivity index (χ1n) is 6.06. The van der Waals surface area contributed by atoms with Crippen molar-refractivity contribution in [3.05, 3.63) is 29.8 Å². The Morgan fingerprint density at radius 3 is 2.58 bits per heavy atom. The monoisotopic (exact) mass is 267 g/mol. The first-order valence-corrected chi connectivity index (χ1v) is 6.06. The Kier molecular flexibility index (Phi) is 5.41. The molecular formula is C13H18FN3O2. The molecule has 1 aromatic heterocycles. The zero-order chi connectivity index (χ0) is 14.4. The van der Waals surface area contributed by atoms with E-state index in [9.17, 15) is 14.0 Å². The number of carbonyl (C=O) groups excluding carboxylic acids is 2. The standard InChI is InChI=1S/C13H18FN3O2/c1-4-7-17(9-12(18)16(2)3)13(19)10-5-6-15-11(14)8-10/h5-6,8H,4,7,9H2,1-3H3. The van der Waals surface area contributed by atoms with E-state index in [-0.39, 0.29) is 23.9 Å². The number of carbonyl (C=O) groups is 2. The van der Waals surface area contributed by atoms with Crippen molar-refractivity contribution in [1.82, 2.24) is 14.8 Å². The van der Waals surface area contributed by atoms with Crippen LogP contribution in [0.25, 0.3) is 0 Å². The molecule has 5 nitrogen and oxygen atoms in total. The van der Waals surface area contributed by atoms with E-state index in [2.05, 4.69) is 4.98 Å². The van der Waals surface area contributed by atoms with E-state index in [1.165, 1.54) is 22.1 Å². The molecule has 0 saturated carbocycles. The van der Waals surface area contributed by atoms with Crippen molar-refractivity contribution in [2.45, 2.75) is 13.3 Å². The maximum atomic E-state index is 13.0. The average molecular weight is 267 g/mol.